The zero-order valence-corrected chi connectivity index (χ0v) is 14.1. The van der Waals surface area contributed by atoms with E-state index in [1.54, 1.807) is 4.90 Å². The molecular formula is C13H22INO4. The van der Waals surface area contributed by atoms with Crippen molar-refractivity contribution < 1.29 is 19.1 Å². The summed E-state index contributed by atoms with van der Waals surface area (Å²) in [6, 6.07) is 0.144. The summed E-state index contributed by atoms with van der Waals surface area (Å²) in [4.78, 5) is 25.2. The molecule has 1 rings (SSSR count). The number of esters is 1. The van der Waals surface area contributed by atoms with Crippen molar-refractivity contribution in [1.29, 1.82) is 0 Å². The number of likely N-dealkylation sites (tertiary alicyclic amines) is 1. The number of nitrogens with zero attached hydrogens (tertiary/aromatic N) is 1. The number of carbonyl (C=O) groups excluding carboxylic acids is 2. The molecule has 0 N–H and O–H groups in total. The van der Waals surface area contributed by atoms with Crippen LogP contribution < -0.4 is 0 Å². The Labute approximate surface area is 128 Å². The maximum absolute atomic E-state index is 12.1. The van der Waals surface area contributed by atoms with Gasteiger partial charge in [-0.25, -0.2) is 4.79 Å². The van der Waals surface area contributed by atoms with Gasteiger partial charge in [-0.1, -0.05) is 22.6 Å². The second kappa shape index (κ2) is 6.76. The van der Waals surface area contributed by atoms with Crippen molar-refractivity contribution in [2.75, 3.05) is 18.1 Å². The Morgan fingerprint density at radius 2 is 2.00 bits per heavy atom. The van der Waals surface area contributed by atoms with Gasteiger partial charge < -0.3 is 14.4 Å². The van der Waals surface area contributed by atoms with Gasteiger partial charge in [0.25, 0.3) is 0 Å². The average molecular weight is 383 g/mol. The predicted octanol–water partition coefficient (Wildman–Crippen LogP) is 2.61. The van der Waals surface area contributed by atoms with Crippen LogP contribution in [0.15, 0.2) is 0 Å². The summed E-state index contributed by atoms with van der Waals surface area (Å²) in [5.41, 5.74) is -0.493. The highest BCUT2D eigenvalue weighted by Crippen LogP contribution is 2.29. The van der Waals surface area contributed by atoms with E-state index in [1.807, 2.05) is 20.8 Å². The topological polar surface area (TPSA) is 55.8 Å². The lowest BCUT2D eigenvalue weighted by Gasteiger charge is -2.27. The number of carbonyl (C=O) groups is 2. The minimum Gasteiger partial charge on any atom is -0.469 e. The molecule has 0 radical (unpaired) electrons. The summed E-state index contributed by atoms with van der Waals surface area (Å²) in [7, 11) is 1.39. The quantitative estimate of drug-likeness (QED) is 0.427. The first-order valence-corrected chi connectivity index (χ1v) is 7.91. The van der Waals surface area contributed by atoms with Crippen LogP contribution in [0.2, 0.25) is 0 Å². The Morgan fingerprint density at radius 1 is 1.37 bits per heavy atom. The van der Waals surface area contributed by atoms with Gasteiger partial charge in [0.15, 0.2) is 0 Å². The molecule has 5 nitrogen and oxygen atoms in total. The minimum absolute atomic E-state index is 0.144. The normalized spacial score (nSPS) is 23.3. The van der Waals surface area contributed by atoms with E-state index in [2.05, 4.69) is 27.3 Å². The smallest absolute Gasteiger partial charge is 0.410 e. The van der Waals surface area contributed by atoms with Gasteiger partial charge in [-0.3, -0.25) is 4.79 Å². The molecule has 0 spiro atoms. The monoisotopic (exact) mass is 383 g/mol. The number of amides is 1. The molecule has 1 aliphatic heterocycles. The number of alkyl halides is 1. The fraction of sp³-hybridized carbons (Fsp3) is 0.846. The lowest BCUT2D eigenvalue weighted by atomic mass is 10.0. The Kier molecular flexibility index (Phi) is 5.88. The van der Waals surface area contributed by atoms with Crippen molar-refractivity contribution in [2.24, 2.45) is 5.92 Å². The molecule has 0 aromatic heterocycles. The summed E-state index contributed by atoms with van der Waals surface area (Å²) < 4.78 is 10.9. The van der Waals surface area contributed by atoms with Gasteiger partial charge in [-0.15, -0.1) is 0 Å². The Bertz CT molecular complexity index is 340. The number of ether oxygens (including phenoxy) is 2. The Balaban J connectivity index is 2.62. The van der Waals surface area contributed by atoms with Crippen LogP contribution in [0.5, 0.6) is 0 Å². The predicted molar refractivity (Wildman–Crippen MR) is 80.4 cm³/mol. The van der Waals surface area contributed by atoms with Crippen LogP contribution in [0, 0.1) is 5.92 Å². The van der Waals surface area contributed by atoms with Crippen LogP contribution in [0.3, 0.4) is 0 Å². The van der Waals surface area contributed by atoms with Crippen molar-refractivity contribution in [3.63, 3.8) is 0 Å². The maximum atomic E-state index is 12.1. The van der Waals surface area contributed by atoms with Crippen molar-refractivity contribution >= 4 is 34.7 Å². The second-order valence-corrected chi connectivity index (χ2v) is 6.70. The van der Waals surface area contributed by atoms with E-state index in [9.17, 15) is 9.59 Å². The second-order valence-electron chi connectivity index (χ2n) is 5.82. The van der Waals surface area contributed by atoms with E-state index in [1.165, 1.54) is 7.11 Å². The molecule has 1 amide bonds. The first-order valence-electron chi connectivity index (χ1n) is 6.39. The third kappa shape index (κ3) is 5.16. The van der Waals surface area contributed by atoms with Gasteiger partial charge in [0, 0.05) is 17.0 Å². The van der Waals surface area contributed by atoms with Gasteiger partial charge in [-0.2, -0.15) is 0 Å². The largest absolute Gasteiger partial charge is 0.469 e. The first-order chi connectivity index (χ1) is 8.76. The summed E-state index contributed by atoms with van der Waals surface area (Å²) in [6.45, 7) is 6.13. The molecule has 6 heteroatoms. The number of halogens is 1. The summed E-state index contributed by atoms with van der Waals surface area (Å²) in [6.07, 6.45) is 0.904. The van der Waals surface area contributed by atoms with E-state index >= 15 is 0 Å². The highest BCUT2D eigenvalue weighted by atomic mass is 127. The maximum Gasteiger partial charge on any atom is 0.410 e. The highest BCUT2D eigenvalue weighted by Gasteiger charge is 2.37. The molecule has 0 saturated carbocycles. The molecule has 0 aromatic rings. The lowest BCUT2D eigenvalue weighted by molar-refractivity contribution is -0.141. The van der Waals surface area contributed by atoms with Crippen LogP contribution in [-0.4, -0.2) is 46.7 Å². The van der Waals surface area contributed by atoms with Crippen LogP contribution in [0.1, 0.15) is 33.6 Å². The van der Waals surface area contributed by atoms with Gasteiger partial charge in [0.05, 0.1) is 13.5 Å². The average Bonchev–Trinajstić information content (AvgIpc) is 2.69. The molecular weight excluding hydrogens is 361 g/mol. The molecule has 1 heterocycles. The third-order valence-electron chi connectivity index (χ3n) is 2.99. The fourth-order valence-electron chi connectivity index (χ4n) is 2.17. The molecule has 0 bridgehead atoms. The van der Waals surface area contributed by atoms with Gasteiger partial charge in [-0.05, 0) is 33.1 Å². The minimum atomic E-state index is -0.493. The zero-order chi connectivity index (χ0) is 14.6. The highest BCUT2D eigenvalue weighted by molar-refractivity contribution is 14.1. The van der Waals surface area contributed by atoms with Crippen molar-refractivity contribution in [2.45, 2.75) is 45.3 Å². The van der Waals surface area contributed by atoms with Crippen LogP contribution in [-0.2, 0) is 14.3 Å². The molecule has 1 aliphatic rings. The molecule has 19 heavy (non-hydrogen) atoms. The van der Waals surface area contributed by atoms with E-state index < -0.39 is 5.60 Å². The number of hydrogen-bond acceptors (Lipinski definition) is 4. The fourth-order valence-corrected chi connectivity index (χ4v) is 3.01. The molecule has 0 aromatic carbocycles. The molecule has 110 valence electrons. The Hall–Kier alpha value is -0.530. The van der Waals surface area contributed by atoms with Crippen molar-refractivity contribution in [3.8, 4) is 0 Å². The molecule has 0 unspecified atom stereocenters. The molecule has 2 atom stereocenters. The molecule has 1 fully saturated rings. The lowest BCUT2D eigenvalue weighted by Crippen LogP contribution is -2.40. The third-order valence-corrected chi connectivity index (χ3v) is 4.01. The van der Waals surface area contributed by atoms with E-state index in [0.29, 0.717) is 13.0 Å². The zero-order valence-electron chi connectivity index (χ0n) is 11.9. The van der Waals surface area contributed by atoms with Gasteiger partial charge in [0.2, 0.25) is 0 Å². The number of rotatable bonds is 3. The molecule has 0 aliphatic carbocycles. The first kappa shape index (κ1) is 16.5. The van der Waals surface area contributed by atoms with Crippen LogP contribution >= 0.6 is 22.6 Å². The van der Waals surface area contributed by atoms with E-state index in [-0.39, 0.29) is 24.0 Å². The summed E-state index contributed by atoms with van der Waals surface area (Å²) in [5.74, 6) is -0.0528. The summed E-state index contributed by atoms with van der Waals surface area (Å²) >= 11 is 2.26. The van der Waals surface area contributed by atoms with E-state index in [0.717, 1.165) is 10.8 Å². The van der Waals surface area contributed by atoms with E-state index in [4.69, 9.17) is 4.74 Å². The van der Waals surface area contributed by atoms with Gasteiger partial charge >= 0.3 is 12.1 Å². The number of methoxy groups -OCH3 is 1. The van der Waals surface area contributed by atoms with Crippen molar-refractivity contribution in [3.05, 3.63) is 0 Å². The Morgan fingerprint density at radius 3 is 2.47 bits per heavy atom. The SMILES string of the molecule is COC(=O)C[C@H]1C[C@@H](CI)N(C(=O)OC(C)(C)C)C1. The molecule has 1 saturated heterocycles. The number of hydrogen-bond donors (Lipinski definition) is 0. The van der Waals surface area contributed by atoms with Crippen LogP contribution in [0.25, 0.3) is 0 Å². The van der Waals surface area contributed by atoms with Crippen LogP contribution in [0.4, 0.5) is 4.79 Å². The standard InChI is InChI=1S/C13H22INO4/c1-13(2,3)19-12(17)15-8-9(5-10(15)7-14)6-11(16)18-4/h9-10H,5-8H2,1-4H3/t9-,10+/m1/s1. The summed E-state index contributed by atoms with van der Waals surface area (Å²) in [5, 5.41) is 0. The van der Waals surface area contributed by atoms with Gasteiger partial charge in [0.1, 0.15) is 5.60 Å². The van der Waals surface area contributed by atoms with Crippen molar-refractivity contribution in [1.82, 2.24) is 4.90 Å².